The molecule has 2 N–H and O–H groups in total. The summed E-state index contributed by atoms with van der Waals surface area (Å²) >= 11 is 0. The lowest BCUT2D eigenvalue weighted by Gasteiger charge is -2.10. The number of carbonyl (C=O) groups excluding carboxylic acids is 1. The maximum absolute atomic E-state index is 12.2. The van der Waals surface area contributed by atoms with E-state index in [9.17, 15) is 4.79 Å². The fourth-order valence-electron chi connectivity index (χ4n) is 2.65. The quantitative estimate of drug-likeness (QED) is 0.850. The van der Waals surface area contributed by atoms with Gasteiger partial charge in [0.2, 0.25) is 0 Å². The van der Waals surface area contributed by atoms with Crippen LogP contribution in [0.2, 0.25) is 0 Å². The molecule has 5 heteroatoms. The summed E-state index contributed by atoms with van der Waals surface area (Å²) in [6.45, 7) is 1.99. The molecule has 5 nitrogen and oxygen atoms in total. The smallest absolute Gasteiger partial charge is 0.257 e. The van der Waals surface area contributed by atoms with Crippen molar-refractivity contribution in [3.05, 3.63) is 53.7 Å². The standard InChI is InChI=1S/C18H18N2O3/c1-11-5-4-6-14-17(11)13(18(21)20-14)10-19-12-7-8-15(22-2)16(9-12)23-3/h4-10,19H,1-3H3,(H,20,21). The van der Waals surface area contributed by atoms with Gasteiger partial charge in [0, 0.05) is 29.2 Å². The van der Waals surface area contributed by atoms with E-state index < -0.39 is 0 Å². The number of methoxy groups -OCH3 is 2. The number of anilines is 2. The number of hydrogen-bond acceptors (Lipinski definition) is 4. The Morgan fingerprint density at radius 1 is 1.09 bits per heavy atom. The largest absolute Gasteiger partial charge is 0.493 e. The van der Waals surface area contributed by atoms with Crippen LogP contribution in [-0.2, 0) is 4.79 Å². The Morgan fingerprint density at radius 2 is 1.87 bits per heavy atom. The van der Waals surface area contributed by atoms with E-state index in [0.717, 1.165) is 22.5 Å². The van der Waals surface area contributed by atoms with Gasteiger partial charge in [-0.3, -0.25) is 4.79 Å². The van der Waals surface area contributed by atoms with Gasteiger partial charge >= 0.3 is 0 Å². The fraction of sp³-hybridized carbons (Fsp3) is 0.167. The average molecular weight is 310 g/mol. The van der Waals surface area contributed by atoms with Crippen molar-refractivity contribution in [1.82, 2.24) is 0 Å². The lowest BCUT2D eigenvalue weighted by atomic mass is 10.0. The molecule has 0 aliphatic carbocycles. The van der Waals surface area contributed by atoms with E-state index in [4.69, 9.17) is 9.47 Å². The van der Waals surface area contributed by atoms with Crippen LogP contribution in [0, 0.1) is 6.92 Å². The van der Waals surface area contributed by atoms with E-state index in [0.29, 0.717) is 17.1 Å². The molecule has 0 unspecified atom stereocenters. The molecule has 0 radical (unpaired) electrons. The van der Waals surface area contributed by atoms with Gasteiger partial charge in [0.15, 0.2) is 11.5 Å². The van der Waals surface area contributed by atoms with Crippen molar-refractivity contribution in [2.45, 2.75) is 6.92 Å². The number of nitrogens with one attached hydrogen (secondary N) is 2. The van der Waals surface area contributed by atoms with Gasteiger partial charge < -0.3 is 20.1 Å². The number of hydrogen-bond donors (Lipinski definition) is 2. The first-order valence-corrected chi connectivity index (χ1v) is 7.24. The van der Waals surface area contributed by atoms with Crippen molar-refractivity contribution in [3.8, 4) is 11.5 Å². The van der Waals surface area contributed by atoms with E-state index in [-0.39, 0.29) is 5.91 Å². The fourth-order valence-corrected chi connectivity index (χ4v) is 2.65. The van der Waals surface area contributed by atoms with Gasteiger partial charge in [-0.1, -0.05) is 12.1 Å². The van der Waals surface area contributed by atoms with E-state index in [2.05, 4.69) is 10.6 Å². The highest BCUT2D eigenvalue weighted by Gasteiger charge is 2.25. The SMILES string of the molecule is COc1ccc(NC=C2C(=O)Nc3cccc(C)c32)cc1OC. The molecule has 0 saturated heterocycles. The molecule has 0 saturated carbocycles. The van der Waals surface area contributed by atoms with Crippen molar-refractivity contribution in [3.63, 3.8) is 0 Å². The second-order valence-corrected chi connectivity index (χ2v) is 5.22. The molecule has 0 aromatic heterocycles. The Kier molecular flexibility index (Phi) is 3.93. The first kappa shape index (κ1) is 15.0. The molecule has 2 aromatic carbocycles. The van der Waals surface area contributed by atoms with Crippen LogP contribution >= 0.6 is 0 Å². The summed E-state index contributed by atoms with van der Waals surface area (Å²) in [4.78, 5) is 12.2. The molecule has 1 heterocycles. The predicted molar refractivity (Wildman–Crippen MR) is 91.0 cm³/mol. The number of fused-ring (bicyclic) bond motifs is 1. The molecule has 1 amide bonds. The second kappa shape index (κ2) is 6.04. The molecule has 0 atom stereocenters. The highest BCUT2D eigenvalue weighted by atomic mass is 16.5. The van der Waals surface area contributed by atoms with E-state index in [1.807, 2.05) is 43.3 Å². The summed E-state index contributed by atoms with van der Waals surface area (Å²) in [5, 5.41) is 6.03. The Balaban J connectivity index is 1.91. The molecule has 0 fully saturated rings. The summed E-state index contributed by atoms with van der Waals surface area (Å²) in [6, 6.07) is 11.3. The van der Waals surface area contributed by atoms with E-state index in [1.165, 1.54) is 0 Å². The second-order valence-electron chi connectivity index (χ2n) is 5.22. The number of rotatable bonds is 4. The van der Waals surface area contributed by atoms with E-state index in [1.54, 1.807) is 20.4 Å². The molecule has 118 valence electrons. The highest BCUT2D eigenvalue weighted by Crippen LogP contribution is 2.35. The van der Waals surface area contributed by atoms with Gasteiger partial charge in [-0.2, -0.15) is 0 Å². The first-order valence-electron chi connectivity index (χ1n) is 7.24. The topological polar surface area (TPSA) is 59.6 Å². The van der Waals surface area contributed by atoms with Gasteiger partial charge in [0.05, 0.1) is 19.8 Å². The van der Waals surface area contributed by atoms with Crippen LogP contribution in [0.3, 0.4) is 0 Å². The molecular weight excluding hydrogens is 292 g/mol. The number of benzene rings is 2. The zero-order valence-electron chi connectivity index (χ0n) is 13.3. The minimum absolute atomic E-state index is 0.109. The predicted octanol–water partition coefficient (Wildman–Crippen LogP) is 3.42. The zero-order chi connectivity index (χ0) is 16.4. The van der Waals surface area contributed by atoms with Gasteiger partial charge in [-0.25, -0.2) is 0 Å². The van der Waals surface area contributed by atoms with Gasteiger partial charge in [0.25, 0.3) is 5.91 Å². The van der Waals surface area contributed by atoms with Crippen LogP contribution in [0.1, 0.15) is 11.1 Å². The highest BCUT2D eigenvalue weighted by molar-refractivity contribution is 6.32. The van der Waals surface area contributed by atoms with Crippen LogP contribution in [0.15, 0.2) is 42.6 Å². The van der Waals surface area contributed by atoms with Crippen LogP contribution in [0.4, 0.5) is 11.4 Å². The van der Waals surface area contributed by atoms with E-state index >= 15 is 0 Å². The maximum Gasteiger partial charge on any atom is 0.257 e. The molecule has 2 aromatic rings. The summed E-state index contributed by atoms with van der Waals surface area (Å²) < 4.78 is 10.5. The van der Waals surface area contributed by atoms with Crippen LogP contribution in [0.25, 0.3) is 5.57 Å². The summed E-state index contributed by atoms with van der Waals surface area (Å²) in [6.07, 6.45) is 1.72. The zero-order valence-corrected chi connectivity index (χ0v) is 13.3. The summed E-state index contributed by atoms with van der Waals surface area (Å²) in [5.74, 6) is 1.18. The maximum atomic E-state index is 12.2. The van der Waals surface area contributed by atoms with Crippen molar-refractivity contribution in [1.29, 1.82) is 0 Å². The Labute approximate surface area is 134 Å². The van der Waals surface area contributed by atoms with Gasteiger partial charge in [-0.15, -0.1) is 0 Å². The number of amides is 1. The molecular formula is C18H18N2O3. The van der Waals surface area contributed by atoms with Crippen molar-refractivity contribution in [2.24, 2.45) is 0 Å². The lowest BCUT2D eigenvalue weighted by Crippen LogP contribution is -2.05. The van der Waals surface area contributed by atoms with Crippen molar-refractivity contribution in [2.75, 3.05) is 24.9 Å². The first-order chi connectivity index (χ1) is 11.1. The Morgan fingerprint density at radius 3 is 2.61 bits per heavy atom. The monoisotopic (exact) mass is 310 g/mol. The molecule has 0 spiro atoms. The summed E-state index contributed by atoms with van der Waals surface area (Å²) in [7, 11) is 3.18. The Hall–Kier alpha value is -2.95. The number of aryl methyl sites for hydroxylation is 1. The lowest BCUT2D eigenvalue weighted by molar-refractivity contribution is -0.110. The molecule has 1 aliphatic rings. The van der Waals surface area contributed by atoms with Crippen molar-refractivity contribution < 1.29 is 14.3 Å². The minimum atomic E-state index is -0.109. The average Bonchev–Trinajstić information content (AvgIpc) is 2.89. The van der Waals surface area contributed by atoms with Gasteiger partial charge in [-0.05, 0) is 30.7 Å². The van der Waals surface area contributed by atoms with Crippen LogP contribution in [0.5, 0.6) is 11.5 Å². The minimum Gasteiger partial charge on any atom is -0.493 e. The summed E-state index contributed by atoms with van der Waals surface area (Å²) in [5.41, 5.74) is 4.26. The van der Waals surface area contributed by atoms with Gasteiger partial charge in [0.1, 0.15) is 0 Å². The third-order valence-electron chi connectivity index (χ3n) is 3.80. The molecule has 0 bridgehead atoms. The number of carbonyl (C=O) groups is 1. The molecule has 1 aliphatic heterocycles. The Bertz CT molecular complexity index is 797. The van der Waals surface area contributed by atoms with Crippen molar-refractivity contribution >= 4 is 22.9 Å². The van der Waals surface area contributed by atoms with Crippen LogP contribution in [-0.4, -0.2) is 20.1 Å². The third-order valence-corrected chi connectivity index (χ3v) is 3.80. The normalized spacial score (nSPS) is 14.4. The third kappa shape index (κ3) is 2.73. The number of ether oxygens (including phenoxy) is 2. The molecule has 23 heavy (non-hydrogen) atoms. The molecule has 3 rings (SSSR count). The van der Waals surface area contributed by atoms with Crippen LogP contribution < -0.4 is 20.1 Å².